The van der Waals surface area contributed by atoms with Crippen LogP contribution in [0.5, 0.6) is 11.5 Å². The second kappa shape index (κ2) is 9.22. The summed E-state index contributed by atoms with van der Waals surface area (Å²) in [6.07, 6.45) is 2.26. The summed E-state index contributed by atoms with van der Waals surface area (Å²) in [4.78, 5) is 13.5. The highest BCUT2D eigenvalue weighted by Gasteiger charge is 2.46. The Bertz CT molecular complexity index is 914. The van der Waals surface area contributed by atoms with Crippen molar-refractivity contribution in [3.8, 4) is 11.5 Å². The van der Waals surface area contributed by atoms with Gasteiger partial charge in [0.25, 0.3) is 0 Å². The number of hydrogen-bond donors (Lipinski definition) is 1. The topological polar surface area (TPSA) is 68.2 Å². The highest BCUT2D eigenvalue weighted by molar-refractivity contribution is 5.70. The third-order valence-electron chi connectivity index (χ3n) is 5.34. The second-order valence-electron chi connectivity index (χ2n) is 7.48. The van der Waals surface area contributed by atoms with Crippen molar-refractivity contribution in [2.45, 2.75) is 39.4 Å². The van der Waals surface area contributed by atoms with Crippen LogP contribution < -0.4 is 9.47 Å². The van der Waals surface area contributed by atoms with Gasteiger partial charge in [-0.1, -0.05) is 37.3 Å². The second-order valence-corrected chi connectivity index (χ2v) is 7.48. The van der Waals surface area contributed by atoms with Gasteiger partial charge in [-0.15, -0.1) is 0 Å². The first-order valence-electron chi connectivity index (χ1n) is 10.1. The van der Waals surface area contributed by atoms with Crippen LogP contribution in [0.25, 0.3) is 0 Å². The van der Waals surface area contributed by atoms with Crippen LogP contribution in [0.15, 0.2) is 54.3 Å². The summed E-state index contributed by atoms with van der Waals surface area (Å²) in [7, 11) is 1.57. The number of aryl methyl sites for hydroxylation is 1. The Morgan fingerprint density at radius 2 is 1.80 bits per heavy atom. The Labute approximate surface area is 177 Å². The highest BCUT2D eigenvalue weighted by atomic mass is 16.6. The monoisotopic (exact) mass is 411 g/mol. The zero-order chi connectivity index (χ0) is 21.7. The van der Waals surface area contributed by atoms with Crippen LogP contribution in [0.4, 0.5) is 4.79 Å². The molecule has 0 atom stereocenters. The van der Waals surface area contributed by atoms with E-state index in [1.54, 1.807) is 45.2 Å². The van der Waals surface area contributed by atoms with Crippen LogP contribution in [0, 0.1) is 0 Å². The number of rotatable bonds is 7. The molecular weight excluding hydrogens is 382 g/mol. The molecule has 6 heteroatoms. The molecule has 0 aliphatic carbocycles. The van der Waals surface area contributed by atoms with E-state index in [1.165, 1.54) is 10.5 Å². The van der Waals surface area contributed by atoms with Crippen molar-refractivity contribution >= 4 is 6.09 Å². The van der Waals surface area contributed by atoms with E-state index in [0.29, 0.717) is 29.4 Å². The molecule has 1 fully saturated rings. The Kier molecular flexibility index (Phi) is 6.67. The minimum absolute atomic E-state index is 0.163. The van der Waals surface area contributed by atoms with Gasteiger partial charge in [0, 0.05) is 0 Å². The quantitative estimate of drug-likeness (QED) is 0.684. The van der Waals surface area contributed by atoms with Crippen LogP contribution in [-0.2, 0) is 23.4 Å². The van der Waals surface area contributed by atoms with Gasteiger partial charge < -0.3 is 24.2 Å². The van der Waals surface area contributed by atoms with Crippen molar-refractivity contribution in [1.82, 2.24) is 4.90 Å². The van der Waals surface area contributed by atoms with Crippen molar-refractivity contribution in [2.75, 3.05) is 20.2 Å². The van der Waals surface area contributed by atoms with Crippen molar-refractivity contribution in [3.63, 3.8) is 0 Å². The summed E-state index contributed by atoms with van der Waals surface area (Å²) < 4.78 is 16.6. The van der Waals surface area contributed by atoms with Crippen molar-refractivity contribution < 1.29 is 24.1 Å². The van der Waals surface area contributed by atoms with Gasteiger partial charge in [0.05, 0.1) is 20.2 Å². The largest absolute Gasteiger partial charge is 0.493 e. The number of benzene rings is 2. The number of carbonyl (C=O) groups excluding carboxylic acids is 1. The van der Waals surface area contributed by atoms with E-state index in [9.17, 15) is 9.90 Å². The molecule has 0 bridgehead atoms. The smallest absolute Gasteiger partial charge is 0.415 e. The van der Waals surface area contributed by atoms with Gasteiger partial charge in [0.2, 0.25) is 0 Å². The van der Waals surface area contributed by atoms with Crippen molar-refractivity contribution in [2.24, 2.45) is 0 Å². The number of likely N-dealkylation sites (tertiary alicyclic amines) is 1. The number of hydrogen-bond acceptors (Lipinski definition) is 5. The van der Waals surface area contributed by atoms with Gasteiger partial charge in [-0.2, -0.15) is 0 Å². The average Bonchev–Trinajstić information content (AvgIpc) is 2.75. The van der Waals surface area contributed by atoms with Gasteiger partial charge in [0.15, 0.2) is 11.5 Å². The molecular formula is C24H29NO5. The standard InChI is InChI=1S/C24H29NO5/c1-5-17(3)30-23(26)25-15-24(27,16-25)20-11-12-21(22(13-20)28-4)29-14-19-9-7-18(6-2)8-10-19/h5,7-13,27H,6,14-16H2,1-4H3/b17-5-. The lowest BCUT2D eigenvalue weighted by Gasteiger charge is -2.45. The van der Waals surface area contributed by atoms with Gasteiger partial charge in [-0.3, -0.25) is 0 Å². The molecule has 2 aromatic carbocycles. The first kappa shape index (κ1) is 21.7. The van der Waals surface area contributed by atoms with E-state index >= 15 is 0 Å². The predicted octanol–water partition coefficient (Wildman–Crippen LogP) is 4.40. The first-order valence-corrected chi connectivity index (χ1v) is 10.1. The summed E-state index contributed by atoms with van der Waals surface area (Å²) in [5.74, 6) is 1.67. The molecule has 0 spiro atoms. The van der Waals surface area contributed by atoms with Gasteiger partial charge in [0.1, 0.15) is 18.0 Å². The number of ether oxygens (including phenoxy) is 3. The molecule has 1 N–H and O–H groups in total. The molecule has 1 aliphatic heterocycles. The van der Waals surface area contributed by atoms with E-state index in [-0.39, 0.29) is 13.1 Å². The van der Waals surface area contributed by atoms with Gasteiger partial charge >= 0.3 is 6.09 Å². The SMILES string of the molecule is C/C=C(/C)OC(=O)N1CC(O)(c2ccc(OCc3ccc(CC)cc3)c(OC)c2)C1. The molecule has 160 valence electrons. The molecule has 3 rings (SSSR count). The summed E-state index contributed by atoms with van der Waals surface area (Å²) in [5, 5.41) is 10.9. The fraction of sp³-hybridized carbons (Fsp3) is 0.375. The predicted molar refractivity (Wildman–Crippen MR) is 115 cm³/mol. The van der Waals surface area contributed by atoms with Gasteiger partial charge in [-0.05, 0) is 55.2 Å². The maximum absolute atomic E-state index is 12.1. The minimum Gasteiger partial charge on any atom is -0.493 e. The lowest BCUT2D eigenvalue weighted by atomic mass is 9.86. The zero-order valence-corrected chi connectivity index (χ0v) is 18.0. The van der Waals surface area contributed by atoms with Crippen LogP contribution in [-0.4, -0.2) is 36.3 Å². The summed E-state index contributed by atoms with van der Waals surface area (Å²) >= 11 is 0. The maximum Gasteiger partial charge on any atom is 0.415 e. The Hall–Kier alpha value is -2.99. The van der Waals surface area contributed by atoms with E-state index < -0.39 is 11.7 Å². The molecule has 1 saturated heterocycles. The van der Waals surface area contributed by atoms with Gasteiger partial charge in [-0.25, -0.2) is 4.79 Å². The molecule has 1 amide bonds. The molecule has 1 aliphatic rings. The first-order chi connectivity index (χ1) is 14.4. The molecule has 30 heavy (non-hydrogen) atoms. The molecule has 0 radical (unpaired) electrons. The Morgan fingerprint density at radius 1 is 1.13 bits per heavy atom. The van der Waals surface area contributed by atoms with Crippen molar-refractivity contribution in [1.29, 1.82) is 0 Å². The van der Waals surface area contributed by atoms with Crippen LogP contribution in [0.3, 0.4) is 0 Å². The van der Waals surface area contributed by atoms with Crippen LogP contribution in [0.2, 0.25) is 0 Å². The van der Waals surface area contributed by atoms with E-state index in [0.717, 1.165) is 12.0 Å². The fourth-order valence-corrected chi connectivity index (χ4v) is 3.27. The zero-order valence-electron chi connectivity index (χ0n) is 18.0. The minimum atomic E-state index is -1.13. The van der Waals surface area contributed by atoms with Crippen LogP contribution >= 0.6 is 0 Å². The molecule has 1 heterocycles. The third-order valence-corrected chi connectivity index (χ3v) is 5.34. The molecule has 0 saturated carbocycles. The maximum atomic E-state index is 12.1. The number of amides is 1. The number of carbonyl (C=O) groups is 1. The lowest BCUT2D eigenvalue weighted by Crippen LogP contribution is -2.61. The molecule has 0 unspecified atom stereocenters. The highest BCUT2D eigenvalue weighted by Crippen LogP contribution is 2.37. The number of β-amino-alcohol motifs (C(OH)–C–C–N with tert-alkyl or cyclic N) is 1. The normalized spacial score (nSPS) is 15.4. The van der Waals surface area contributed by atoms with Crippen molar-refractivity contribution in [3.05, 3.63) is 71.0 Å². The van der Waals surface area contributed by atoms with Crippen LogP contribution in [0.1, 0.15) is 37.5 Å². The van der Waals surface area contributed by atoms with E-state index in [4.69, 9.17) is 14.2 Å². The molecule has 0 aromatic heterocycles. The molecule has 6 nitrogen and oxygen atoms in total. The number of aliphatic hydroxyl groups is 1. The number of nitrogens with zero attached hydrogens (tertiary/aromatic N) is 1. The fourth-order valence-electron chi connectivity index (χ4n) is 3.27. The number of allylic oxidation sites excluding steroid dienone is 2. The average molecular weight is 411 g/mol. The Balaban J connectivity index is 1.64. The lowest BCUT2D eigenvalue weighted by molar-refractivity contribution is -0.0914. The number of methoxy groups -OCH3 is 1. The third kappa shape index (κ3) is 4.76. The summed E-state index contributed by atoms with van der Waals surface area (Å²) in [5.41, 5.74) is 1.89. The Morgan fingerprint density at radius 3 is 2.40 bits per heavy atom. The summed E-state index contributed by atoms with van der Waals surface area (Å²) in [6, 6.07) is 13.7. The summed E-state index contributed by atoms with van der Waals surface area (Å²) in [6.45, 7) is 6.38. The van der Waals surface area contributed by atoms with E-state index in [2.05, 4.69) is 31.2 Å². The van der Waals surface area contributed by atoms with E-state index in [1.807, 2.05) is 0 Å². The molecule has 2 aromatic rings.